The zero-order chi connectivity index (χ0) is 26.9. The van der Waals surface area contributed by atoms with E-state index >= 15 is 0 Å². The number of nitro groups is 1. The minimum Gasteiger partial charge on any atom is -0.352 e. The van der Waals surface area contributed by atoms with Crippen molar-refractivity contribution in [1.82, 2.24) is 0 Å². The third-order valence-corrected chi connectivity index (χ3v) is 9.07. The molecule has 0 radical (unpaired) electrons. The first-order valence-electron chi connectivity index (χ1n) is 12.5. The van der Waals surface area contributed by atoms with Gasteiger partial charge in [-0.05, 0) is 28.6 Å². The molecule has 3 heterocycles. The monoisotopic (exact) mass is 532 g/mol. The fraction of sp³-hybridized carbons (Fsp3) is 0.129. The maximum absolute atomic E-state index is 14.5. The van der Waals surface area contributed by atoms with Crippen molar-refractivity contribution >= 4 is 46.1 Å². The highest BCUT2D eigenvalue weighted by Crippen LogP contribution is 2.61. The van der Waals surface area contributed by atoms with Crippen LogP contribution < -0.4 is 4.90 Å². The lowest BCUT2D eigenvalue weighted by molar-refractivity contribution is -0.384. The summed E-state index contributed by atoms with van der Waals surface area (Å²) in [5.41, 5.74) is 0.797. The van der Waals surface area contributed by atoms with E-state index < -0.39 is 28.3 Å². The lowest BCUT2D eigenvalue weighted by Crippen LogP contribution is -2.48. The van der Waals surface area contributed by atoms with Crippen LogP contribution in [0.1, 0.15) is 47.4 Å². The summed E-state index contributed by atoms with van der Waals surface area (Å²) in [6.45, 7) is 0. The molecule has 7 rings (SSSR count). The Morgan fingerprint density at radius 3 is 2.31 bits per heavy atom. The number of Topliss-reactive ketones (excluding diaryl/α,β-unsaturated/α-hetero) is 3. The van der Waals surface area contributed by atoms with Crippen molar-refractivity contribution in [3.63, 3.8) is 0 Å². The van der Waals surface area contributed by atoms with Crippen LogP contribution in [0.2, 0.25) is 0 Å². The molecule has 39 heavy (non-hydrogen) atoms. The standard InChI is InChI=1S/C31H20N2O5S/c34-28(24-13-6-16-39-24)27-26(19-8-5-9-20(17-19)33(37)38)31(29(35)21-10-2-3-11-22(21)30(31)36)25-15-14-18-7-1-4-12-23(18)32(25)27/h1-17,25-27H. The van der Waals surface area contributed by atoms with E-state index in [2.05, 4.69) is 0 Å². The largest absolute Gasteiger partial charge is 0.352 e. The molecular formula is C31H20N2O5S. The lowest BCUT2D eigenvalue weighted by atomic mass is 9.64. The minimum absolute atomic E-state index is 0.166. The number of nitro benzene ring substituents is 1. The van der Waals surface area contributed by atoms with Crippen molar-refractivity contribution in [3.8, 4) is 0 Å². The van der Waals surface area contributed by atoms with Gasteiger partial charge in [0.1, 0.15) is 11.5 Å². The fourth-order valence-corrected chi connectivity index (χ4v) is 7.38. The first-order valence-corrected chi connectivity index (χ1v) is 13.4. The van der Waals surface area contributed by atoms with Gasteiger partial charge in [0.2, 0.25) is 0 Å². The van der Waals surface area contributed by atoms with Gasteiger partial charge in [0.15, 0.2) is 17.3 Å². The summed E-state index contributed by atoms with van der Waals surface area (Å²) in [4.78, 5) is 57.1. The number of carbonyl (C=O) groups excluding carboxylic acids is 3. The third-order valence-electron chi connectivity index (χ3n) is 8.19. The minimum atomic E-state index is -1.68. The number of hydrogen-bond acceptors (Lipinski definition) is 7. The van der Waals surface area contributed by atoms with E-state index in [-0.39, 0.29) is 23.0 Å². The number of nitrogens with zero attached hydrogens (tertiary/aromatic N) is 2. The Morgan fingerprint density at radius 1 is 0.897 bits per heavy atom. The van der Waals surface area contributed by atoms with Crippen molar-refractivity contribution in [3.05, 3.63) is 134 Å². The Bertz CT molecular complexity index is 1710. The highest BCUT2D eigenvalue weighted by molar-refractivity contribution is 7.12. The molecule has 1 saturated heterocycles. The van der Waals surface area contributed by atoms with Crippen molar-refractivity contribution in [2.75, 3.05) is 4.90 Å². The van der Waals surface area contributed by atoms with E-state index in [0.717, 1.165) is 11.3 Å². The first kappa shape index (κ1) is 23.4. The smallest absolute Gasteiger partial charge is 0.269 e. The van der Waals surface area contributed by atoms with Gasteiger partial charge < -0.3 is 4.90 Å². The highest BCUT2D eigenvalue weighted by Gasteiger charge is 2.71. The van der Waals surface area contributed by atoms with Crippen molar-refractivity contribution in [1.29, 1.82) is 0 Å². The second-order valence-corrected chi connectivity index (χ2v) is 10.9. The molecule has 2 aliphatic heterocycles. The molecule has 7 nitrogen and oxygen atoms in total. The van der Waals surface area contributed by atoms with Crippen LogP contribution in [0.15, 0.2) is 96.4 Å². The molecule has 0 saturated carbocycles. The summed E-state index contributed by atoms with van der Waals surface area (Å²) in [6.07, 6.45) is 3.74. The molecule has 3 aliphatic rings. The van der Waals surface area contributed by atoms with Gasteiger partial charge in [-0.3, -0.25) is 24.5 Å². The molecule has 3 aromatic carbocycles. The number of non-ortho nitro benzene ring substituents is 1. The number of thiophene rings is 1. The summed E-state index contributed by atoms with van der Waals surface area (Å²) in [6, 6.07) is 22.1. The first-order chi connectivity index (χ1) is 18.9. The van der Waals surface area contributed by atoms with Gasteiger partial charge in [0, 0.05) is 34.9 Å². The molecule has 0 bridgehead atoms. The van der Waals surface area contributed by atoms with Crippen LogP contribution >= 0.6 is 11.3 Å². The van der Waals surface area contributed by atoms with Gasteiger partial charge in [0.25, 0.3) is 5.69 Å². The molecular weight excluding hydrogens is 512 g/mol. The van der Waals surface area contributed by atoms with Gasteiger partial charge in [-0.15, -0.1) is 11.3 Å². The highest BCUT2D eigenvalue weighted by atomic mass is 32.1. The average molecular weight is 533 g/mol. The summed E-state index contributed by atoms with van der Waals surface area (Å²) >= 11 is 1.29. The van der Waals surface area contributed by atoms with E-state index in [4.69, 9.17) is 0 Å². The predicted molar refractivity (Wildman–Crippen MR) is 148 cm³/mol. The SMILES string of the molecule is O=C(c1cccs1)C1C(c2cccc([N+](=O)[O-])c2)C2(C(=O)c3ccccc3C2=O)C2C=Cc3ccccc3N12. The summed E-state index contributed by atoms with van der Waals surface area (Å²) in [5, 5.41) is 13.6. The number of para-hydroxylation sites is 1. The van der Waals surface area contributed by atoms with Gasteiger partial charge in [0.05, 0.1) is 15.8 Å². The molecule has 0 amide bonds. The van der Waals surface area contributed by atoms with Gasteiger partial charge >= 0.3 is 0 Å². The molecule has 1 fully saturated rings. The molecule has 0 N–H and O–H groups in total. The Hall–Kier alpha value is -4.69. The number of ketones is 3. The molecule has 4 aromatic rings. The number of benzene rings is 3. The van der Waals surface area contributed by atoms with Crippen LogP contribution in [0, 0.1) is 15.5 Å². The molecule has 3 atom stereocenters. The zero-order valence-electron chi connectivity index (χ0n) is 20.4. The van der Waals surface area contributed by atoms with Crippen LogP contribution in [0.4, 0.5) is 11.4 Å². The zero-order valence-corrected chi connectivity index (χ0v) is 21.2. The van der Waals surface area contributed by atoms with Crippen LogP contribution in [-0.2, 0) is 0 Å². The van der Waals surface area contributed by atoms with Gasteiger partial charge in [-0.25, -0.2) is 0 Å². The van der Waals surface area contributed by atoms with Crippen molar-refractivity contribution < 1.29 is 19.3 Å². The van der Waals surface area contributed by atoms with Crippen LogP contribution in [0.5, 0.6) is 0 Å². The molecule has 190 valence electrons. The number of hydrogen-bond donors (Lipinski definition) is 0. The Kier molecular flexibility index (Phi) is 5.05. The van der Waals surface area contributed by atoms with Gasteiger partial charge in [-0.2, -0.15) is 0 Å². The molecule has 3 unspecified atom stereocenters. The normalized spacial score (nSPS) is 22.1. The number of carbonyl (C=O) groups is 3. The maximum Gasteiger partial charge on any atom is 0.269 e. The van der Waals surface area contributed by atoms with Crippen LogP contribution in [0.25, 0.3) is 6.08 Å². The Morgan fingerprint density at radius 2 is 1.62 bits per heavy atom. The Balaban J connectivity index is 1.57. The number of fused-ring (bicyclic) bond motifs is 5. The lowest BCUT2D eigenvalue weighted by Gasteiger charge is -2.37. The second kappa shape index (κ2) is 8.41. The van der Waals surface area contributed by atoms with Gasteiger partial charge in [-0.1, -0.05) is 72.8 Å². The quantitative estimate of drug-likeness (QED) is 0.139. The molecule has 8 heteroatoms. The van der Waals surface area contributed by atoms with E-state index in [0.29, 0.717) is 21.6 Å². The van der Waals surface area contributed by atoms with E-state index in [1.165, 1.54) is 23.5 Å². The van der Waals surface area contributed by atoms with Crippen molar-refractivity contribution in [2.24, 2.45) is 5.41 Å². The molecule has 1 aliphatic carbocycles. The summed E-state index contributed by atoms with van der Waals surface area (Å²) in [5.74, 6) is -1.93. The maximum atomic E-state index is 14.5. The van der Waals surface area contributed by atoms with E-state index in [1.54, 1.807) is 48.5 Å². The fourth-order valence-electron chi connectivity index (χ4n) is 6.69. The van der Waals surface area contributed by atoms with Crippen LogP contribution in [-0.4, -0.2) is 34.4 Å². The third kappa shape index (κ3) is 3.06. The molecule has 1 spiro atoms. The average Bonchev–Trinajstić information content (AvgIpc) is 3.66. The Labute approximate surface area is 227 Å². The van der Waals surface area contributed by atoms with Crippen molar-refractivity contribution in [2.45, 2.75) is 18.0 Å². The van der Waals surface area contributed by atoms with E-state index in [1.807, 2.05) is 46.7 Å². The number of anilines is 1. The summed E-state index contributed by atoms with van der Waals surface area (Å²) in [7, 11) is 0. The van der Waals surface area contributed by atoms with Crippen LogP contribution in [0.3, 0.4) is 0 Å². The predicted octanol–water partition coefficient (Wildman–Crippen LogP) is 5.97. The molecule has 1 aromatic heterocycles. The summed E-state index contributed by atoms with van der Waals surface area (Å²) < 4.78 is 0. The topological polar surface area (TPSA) is 97.6 Å². The number of rotatable bonds is 4. The second-order valence-electron chi connectivity index (χ2n) is 9.96. The van der Waals surface area contributed by atoms with E-state index in [9.17, 15) is 24.5 Å².